The van der Waals surface area contributed by atoms with Crippen LogP contribution in [0.1, 0.15) is 24.2 Å². The molecule has 2 aromatic heterocycles. The van der Waals surface area contributed by atoms with Crippen molar-refractivity contribution in [3.05, 3.63) is 93.9 Å². The van der Waals surface area contributed by atoms with E-state index in [1.54, 1.807) is 6.92 Å². The van der Waals surface area contributed by atoms with Gasteiger partial charge in [-0.25, -0.2) is 13.2 Å². The van der Waals surface area contributed by atoms with Gasteiger partial charge in [-0.3, -0.25) is 14.1 Å². The summed E-state index contributed by atoms with van der Waals surface area (Å²) in [4.78, 5) is 13.0. The van der Waals surface area contributed by atoms with Crippen LogP contribution in [0.4, 0.5) is 19.0 Å². The lowest BCUT2D eigenvalue weighted by molar-refractivity contribution is 0.322. The van der Waals surface area contributed by atoms with E-state index in [2.05, 4.69) is 14.4 Å². The molecule has 2 aromatic carbocycles. The Labute approximate surface area is 215 Å². The summed E-state index contributed by atoms with van der Waals surface area (Å²) in [6.07, 6.45) is 1.35. The molecule has 0 saturated carbocycles. The zero-order valence-electron chi connectivity index (χ0n) is 20.1. The fourth-order valence-corrected chi connectivity index (χ4v) is 6.00. The van der Waals surface area contributed by atoms with Gasteiger partial charge in [-0.15, -0.1) is 0 Å². The van der Waals surface area contributed by atoms with E-state index in [1.165, 1.54) is 46.5 Å². The number of nitrogens with zero attached hydrogens (tertiary/aromatic N) is 3. The van der Waals surface area contributed by atoms with Crippen LogP contribution in [0.3, 0.4) is 0 Å². The van der Waals surface area contributed by atoms with E-state index in [0.29, 0.717) is 17.3 Å². The average Bonchev–Trinajstić information content (AvgIpc) is 3.35. The van der Waals surface area contributed by atoms with Crippen molar-refractivity contribution in [1.29, 1.82) is 0 Å². The second kappa shape index (κ2) is 9.65. The van der Waals surface area contributed by atoms with Crippen LogP contribution in [0.2, 0.25) is 0 Å². The highest BCUT2D eigenvalue weighted by atomic mass is 32.2. The van der Waals surface area contributed by atoms with Crippen molar-refractivity contribution >= 4 is 16.0 Å². The molecule has 3 heterocycles. The highest BCUT2D eigenvalue weighted by Gasteiger charge is 2.35. The van der Waals surface area contributed by atoms with Gasteiger partial charge < -0.3 is 9.26 Å². The van der Waals surface area contributed by atoms with Gasteiger partial charge in [-0.2, -0.15) is 12.7 Å². The predicted octanol–water partition coefficient (Wildman–Crippen LogP) is 4.19. The fourth-order valence-electron chi connectivity index (χ4n) is 4.66. The number of aromatic nitrogens is 2. The first-order valence-electron chi connectivity index (χ1n) is 11.4. The summed E-state index contributed by atoms with van der Waals surface area (Å²) in [5, 5.41) is 3.57. The smallest absolute Gasteiger partial charge is 0.303 e. The van der Waals surface area contributed by atoms with Crippen LogP contribution in [0, 0.1) is 17.5 Å². The Morgan fingerprint density at radius 3 is 2.47 bits per heavy atom. The molecule has 1 N–H and O–H groups in total. The maximum absolute atomic E-state index is 15.3. The van der Waals surface area contributed by atoms with Gasteiger partial charge in [0.15, 0.2) is 5.82 Å². The molecule has 0 fully saturated rings. The van der Waals surface area contributed by atoms with Crippen LogP contribution in [0.25, 0.3) is 16.8 Å². The third kappa shape index (κ3) is 4.54. The molecule has 0 radical (unpaired) electrons. The molecule has 4 aromatic rings. The molecular formula is C25H21F3N4O5S. The zero-order valence-corrected chi connectivity index (χ0v) is 20.9. The van der Waals surface area contributed by atoms with E-state index in [1.807, 2.05) is 0 Å². The Bertz CT molecular complexity index is 1670. The van der Waals surface area contributed by atoms with Crippen LogP contribution in [-0.2, 0) is 16.6 Å². The molecule has 198 valence electrons. The van der Waals surface area contributed by atoms with Gasteiger partial charge in [0.2, 0.25) is 0 Å². The van der Waals surface area contributed by atoms with Crippen molar-refractivity contribution in [2.75, 3.05) is 18.4 Å². The van der Waals surface area contributed by atoms with Gasteiger partial charge in [0.1, 0.15) is 29.5 Å². The van der Waals surface area contributed by atoms with Gasteiger partial charge in [0.25, 0.3) is 5.56 Å². The number of pyridine rings is 1. The number of hydrogen-bond donors (Lipinski definition) is 1. The number of fused-ring (bicyclic) bond motifs is 1. The Morgan fingerprint density at radius 2 is 1.82 bits per heavy atom. The molecule has 1 aliphatic rings. The van der Waals surface area contributed by atoms with Crippen LogP contribution < -0.4 is 15.0 Å². The number of rotatable bonds is 6. The molecule has 9 nitrogen and oxygen atoms in total. The Morgan fingerprint density at radius 1 is 1.08 bits per heavy atom. The lowest BCUT2D eigenvalue weighted by Gasteiger charge is -2.35. The third-order valence-corrected chi connectivity index (χ3v) is 7.93. The number of anilines is 1. The topological polar surface area (TPSA) is 107 Å². The first kappa shape index (κ1) is 25.5. The Hall–Kier alpha value is -4.10. The monoisotopic (exact) mass is 546 g/mol. The van der Waals surface area contributed by atoms with E-state index >= 15 is 4.39 Å². The van der Waals surface area contributed by atoms with Gasteiger partial charge >= 0.3 is 10.2 Å². The molecule has 1 aliphatic heterocycles. The van der Waals surface area contributed by atoms with Crippen LogP contribution in [0.5, 0.6) is 5.75 Å². The van der Waals surface area contributed by atoms with Crippen molar-refractivity contribution in [3.63, 3.8) is 0 Å². The van der Waals surface area contributed by atoms with Crippen molar-refractivity contribution in [2.45, 2.75) is 19.4 Å². The van der Waals surface area contributed by atoms with Gasteiger partial charge in [0.05, 0.1) is 18.8 Å². The van der Waals surface area contributed by atoms with Gasteiger partial charge in [-0.1, -0.05) is 11.2 Å². The maximum atomic E-state index is 15.3. The number of benzene rings is 2. The fraction of sp³-hybridized carbons (Fsp3) is 0.200. The summed E-state index contributed by atoms with van der Waals surface area (Å²) in [5.74, 6) is -2.48. The zero-order chi connectivity index (χ0) is 27.2. The van der Waals surface area contributed by atoms with Crippen molar-refractivity contribution < 1.29 is 30.8 Å². The second-order valence-electron chi connectivity index (χ2n) is 8.60. The predicted molar refractivity (Wildman–Crippen MR) is 132 cm³/mol. The summed E-state index contributed by atoms with van der Waals surface area (Å²) in [6, 6.07) is 8.42. The molecule has 0 aliphatic carbocycles. The SMILES string of the molecule is COc1cc(-c2cc(F)cc(F)c2)c(F)cc1-n1c2c(ccc1=O)[C@@H](C)N(S(=O)(=O)Nc1ccon1)CC2. The normalized spacial score (nSPS) is 15.8. The summed E-state index contributed by atoms with van der Waals surface area (Å²) in [7, 11) is -2.70. The molecule has 0 bridgehead atoms. The number of methoxy groups -OCH3 is 1. The lowest BCUT2D eigenvalue weighted by Crippen LogP contribution is -2.43. The molecule has 0 unspecified atom stereocenters. The van der Waals surface area contributed by atoms with Crippen LogP contribution in [-0.4, -0.2) is 36.1 Å². The quantitative estimate of drug-likeness (QED) is 0.389. The van der Waals surface area contributed by atoms with Crippen molar-refractivity contribution in [2.24, 2.45) is 0 Å². The number of nitrogens with one attached hydrogen (secondary N) is 1. The van der Waals surface area contributed by atoms with E-state index < -0.39 is 39.3 Å². The van der Waals surface area contributed by atoms with Gasteiger partial charge in [0, 0.05) is 48.5 Å². The summed E-state index contributed by atoms with van der Waals surface area (Å²) >= 11 is 0. The molecular weight excluding hydrogens is 525 g/mol. The summed E-state index contributed by atoms with van der Waals surface area (Å²) in [5.41, 5.74) is 0.417. The summed E-state index contributed by atoms with van der Waals surface area (Å²) in [6.45, 7) is 1.67. The van der Waals surface area contributed by atoms with Crippen molar-refractivity contribution in [1.82, 2.24) is 14.0 Å². The number of ether oxygens (including phenoxy) is 1. The molecule has 38 heavy (non-hydrogen) atoms. The molecule has 0 saturated heterocycles. The minimum Gasteiger partial charge on any atom is -0.495 e. The second-order valence-corrected chi connectivity index (χ2v) is 10.2. The average molecular weight is 547 g/mol. The molecule has 1 atom stereocenters. The van der Waals surface area contributed by atoms with E-state index in [4.69, 9.17) is 4.74 Å². The number of halogens is 3. The minimum absolute atomic E-state index is 0.0102. The highest BCUT2D eigenvalue weighted by molar-refractivity contribution is 7.90. The van der Waals surface area contributed by atoms with Crippen LogP contribution >= 0.6 is 0 Å². The largest absolute Gasteiger partial charge is 0.495 e. The third-order valence-electron chi connectivity index (χ3n) is 6.34. The maximum Gasteiger partial charge on any atom is 0.303 e. The summed E-state index contributed by atoms with van der Waals surface area (Å²) < 4.78 is 83.8. The Kier molecular flexibility index (Phi) is 6.49. The van der Waals surface area contributed by atoms with Gasteiger partial charge in [-0.05, 0) is 36.2 Å². The van der Waals surface area contributed by atoms with E-state index in [0.717, 1.165) is 18.2 Å². The van der Waals surface area contributed by atoms with Crippen molar-refractivity contribution in [3.8, 4) is 22.6 Å². The molecule has 0 spiro atoms. The Balaban J connectivity index is 1.59. The molecule has 0 amide bonds. The molecule has 5 rings (SSSR count). The first-order valence-corrected chi connectivity index (χ1v) is 12.8. The minimum atomic E-state index is -4.02. The van der Waals surface area contributed by atoms with Crippen LogP contribution in [0.15, 0.2) is 64.1 Å². The number of hydrogen-bond acceptors (Lipinski definition) is 6. The first-order chi connectivity index (χ1) is 18.1. The lowest BCUT2D eigenvalue weighted by atomic mass is 9.98. The van der Waals surface area contributed by atoms with E-state index in [-0.39, 0.29) is 41.3 Å². The molecule has 13 heteroatoms. The van der Waals surface area contributed by atoms with E-state index in [9.17, 15) is 22.0 Å². The standard InChI is InChI=1S/C25H21F3N4O5S/c1-14-18-3-4-25(33)32(21(18)5-7-31(14)38(34,35)30-24-6-8-37-29-24)22-13-20(28)19(12-23(22)36-2)15-9-16(26)11-17(27)10-15/h3-4,6,8-14H,5,7H2,1-2H3,(H,29,30)/t14-/m1/s1. The highest BCUT2D eigenvalue weighted by Crippen LogP contribution is 2.36.